The molecule has 0 bridgehead atoms. The average Bonchev–Trinajstić information content (AvgIpc) is 3.34. The molecule has 4 aromatic rings. The van der Waals surface area contributed by atoms with Gasteiger partial charge >= 0.3 is 0 Å². The lowest BCUT2D eigenvalue weighted by Crippen LogP contribution is -2.06. The van der Waals surface area contributed by atoms with Gasteiger partial charge in [-0.25, -0.2) is 9.97 Å². The number of hydrogen-bond donors (Lipinski definition) is 3. The first-order valence-electron chi connectivity index (χ1n) is 9.80. The zero-order valence-corrected chi connectivity index (χ0v) is 19.9. The zero-order chi connectivity index (χ0) is 21.1. The number of anilines is 2. The van der Waals surface area contributed by atoms with Crippen molar-refractivity contribution >= 4 is 57.2 Å². The summed E-state index contributed by atoms with van der Waals surface area (Å²) in [5.41, 5.74) is 4.70. The molecule has 3 N–H and O–H groups in total. The summed E-state index contributed by atoms with van der Waals surface area (Å²) in [6.07, 6.45) is 0. The van der Waals surface area contributed by atoms with Crippen LogP contribution in [0.25, 0.3) is 22.6 Å². The van der Waals surface area contributed by atoms with Gasteiger partial charge in [-0.1, -0.05) is 31.5 Å². The van der Waals surface area contributed by atoms with Crippen molar-refractivity contribution in [3.8, 4) is 17.3 Å². The van der Waals surface area contributed by atoms with Gasteiger partial charge in [0.05, 0.1) is 23.3 Å². The summed E-state index contributed by atoms with van der Waals surface area (Å²) in [5.74, 6) is 1.94. The van der Waals surface area contributed by atoms with Gasteiger partial charge in [-0.3, -0.25) is 0 Å². The van der Waals surface area contributed by atoms with E-state index < -0.39 is 0 Å². The fraction of sp³-hybridized carbons (Fsp3) is 0.273. The van der Waals surface area contributed by atoms with Crippen LogP contribution < -0.4 is 15.4 Å². The van der Waals surface area contributed by atoms with Gasteiger partial charge in [0, 0.05) is 16.9 Å². The Balaban J connectivity index is 0.00000272. The summed E-state index contributed by atoms with van der Waals surface area (Å²) >= 11 is 7.70. The number of aromatic amines is 1. The minimum atomic E-state index is 0. The third-order valence-electron chi connectivity index (χ3n) is 4.43. The molecular formula is C22H25Cl2N5OS. The molecule has 0 radical (unpaired) electrons. The average molecular weight is 478 g/mol. The number of halogens is 2. The predicted octanol–water partition coefficient (Wildman–Crippen LogP) is 6.26. The molecule has 0 fully saturated rings. The van der Waals surface area contributed by atoms with Gasteiger partial charge in [-0.2, -0.15) is 0 Å². The number of nitrogens with zero attached hydrogens (tertiary/aromatic N) is 2. The number of benzene rings is 2. The Morgan fingerprint density at radius 1 is 1.16 bits per heavy atom. The number of aromatic nitrogens is 3. The maximum absolute atomic E-state index is 6.20. The second-order valence-corrected chi connectivity index (χ2v) is 8.77. The van der Waals surface area contributed by atoms with E-state index in [0.29, 0.717) is 17.5 Å². The van der Waals surface area contributed by atoms with Crippen molar-refractivity contribution < 1.29 is 4.74 Å². The number of hydrogen-bond acceptors (Lipinski definition) is 6. The molecule has 0 spiro atoms. The fourth-order valence-electron chi connectivity index (χ4n) is 3.02. The van der Waals surface area contributed by atoms with Crippen molar-refractivity contribution in [2.24, 2.45) is 5.92 Å². The van der Waals surface area contributed by atoms with Gasteiger partial charge in [0.2, 0.25) is 0 Å². The molecular weight excluding hydrogens is 453 g/mol. The first-order chi connectivity index (χ1) is 14.5. The van der Waals surface area contributed by atoms with Crippen LogP contribution in [0.3, 0.4) is 0 Å². The molecule has 6 nitrogen and oxygen atoms in total. The molecule has 9 heteroatoms. The van der Waals surface area contributed by atoms with Gasteiger partial charge in [0.15, 0.2) is 11.0 Å². The minimum absolute atomic E-state index is 0. The summed E-state index contributed by atoms with van der Waals surface area (Å²) in [5, 5.41) is 9.86. The summed E-state index contributed by atoms with van der Waals surface area (Å²) in [7, 11) is 1.93. The maximum atomic E-state index is 6.20. The van der Waals surface area contributed by atoms with Crippen LogP contribution in [0, 0.1) is 5.92 Å². The quantitative estimate of drug-likeness (QED) is 0.279. The van der Waals surface area contributed by atoms with Gasteiger partial charge in [0.1, 0.15) is 11.4 Å². The Bertz CT molecular complexity index is 1160. The number of H-pyrrole nitrogens is 1. The second-order valence-electron chi connectivity index (χ2n) is 7.48. The van der Waals surface area contributed by atoms with E-state index in [-0.39, 0.29) is 12.4 Å². The molecule has 0 saturated heterocycles. The zero-order valence-electron chi connectivity index (χ0n) is 17.5. The highest BCUT2D eigenvalue weighted by Gasteiger charge is 2.12. The van der Waals surface area contributed by atoms with Crippen LogP contribution in [0.1, 0.15) is 19.4 Å². The Labute approximate surface area is 196 Å². The molecule has 0 aliphatic heterocycles. The molecule has 2 aromatic carbocycles. The molecule has 2 aromatic heterocycles. The molecule has 0 saturated carbocycles. The highest BCUT2D eigenvalue weighted by Crippen LogP contribution is 2.33. The number of imidazole rings is 1. The standard InChI is InChI=1S/C22H24ClN5OS.ClH/c1-13(2)11-29-20-7-5-15(23)9-18(20)27-22-28-19(12-30-22)21-25-16-6-4-14(10-24-3)8-17(16)26-21;/h4-9,12-13,24H,10-11H2,1-3H3,(H,25,26)(H,27,28);1H. The maximum Gasteiger partial charge on any atom is 0.187 e. The van der Waals surface area contributed by atoms with Crippen molar-refractivity contribution in [1.82, 2.24) is 20.3 Å². The molecule has 31 heavy (non-hydrogen) atoms. The van der Waals surface area contributed by atoms with E-state index >= 15 is 0 Å². The second kappa shape index (κ2) is 10.3. The molecule has 164 valence electrons. The van der Waals surface area contributed by atoms with Crippen LogP contribution in [-0.2, 0) is 6.54 Å². The van der Waals surface area contributed by atoms with Gasteiger partial charge in [-0.15, -0.1) is 23.7 Å². The van der Waals surface area contributed by atoms with Crippen molar-refractivity contribution in [3.63, 3.8) is 0 Å². The van der Waals surface area contributed by atoms with E-state index in [1.165, 1.54) is 16.9 Å². The Morgan fingerprint density at radius 2 is 2.00 bits per heavy atom. The smallest absolute Gasteiger partial charge is 0.187 e. The molecule has 0 amide bonds. The Hall–Kier alpha value is -2.32. The number of rotatable bonds is 8. The SMILES string of the molecule is CNCc1ccc2[nH]c(-c3csc(Nc4cc(Cl)ccc4OCC(C)C)n3)nc2c1.Cl. The van der Waals surface area contributed by atoms with E-state index in [4.69, 9.17) is 26.3 Å². The molecule has 2 heterocycles. The topological polar surface area (TPSA) is 74.9 Å². The molecule has 0 atom stereocenters. The molecule has 0 aliphatic carbocycles. The van der Waals surface area contributed by atoms with Crippen LogP contribution in [-0.4, -0.2) is 28.6 Å². The van der Waals surface area contributed by atoms with Crippen LogP contribution in [0.4, 0.5) is 10.8 Å². The van der Waals surface area contributed by atoms with E-state index in [0.717, 1.165) is 45.7 Å². The van der Waals surface area contributed by atoms with Crippen LogP contribution in [0.2, 0.25) is 5.02 Å². The van der Waals surface area contributed by atoms with Crippen molar-refractivity contribution in [2.75, 3.05) is 19.0 Å². The summed E-state index contributed by atoms with van der Waals surface area (Å²) in [4.78, 5) is 12.8. The number of nitrogens with one attached hydrogen (secondary N) is 3. The summed E-state index contributed by atoms with van der Waals surface area (Å²) in [6, 6.07) is 11.8. The van der Waals surface area contributed by atoms with Crippen molar-refractivity contribution in [2.45, 2.75) is 20.4 Å². The summed E-state index contributed by atoms with van der Waals surface area (Å²) < 4.78 is 5.92. The van der Waals surface area contributed by atoms with Gasteiger partial charge in [0.25, 0.3) is 0 Å². The normalized spacial score (nSPS) is 11.0. The van der Waals surface area contributed by atoms with Gasteiger partial charge < -0.3 is 20.4 Å². The third kappa shape index (κ3) is 5.68. The Kier molecular flexibility index (Phi) is 7.78. The number of thiazole rings is 1. The van der Waals surface area contributed by atoms with Gasteiger partial charge in [-0.05, 0) is 48.9 Å². The van der Waals surface area contributed by atoms with Crippen molar-refractivity contribution in [3.05, 3.63) is 52.4 Å². The van der Waals surface area contributed by atoms with Crippen LogP contribution >= 0.6 is 35.3 Å². The van der Waals surface area contributed by atoms with E-state index in [1.54, 1.807) is 0 Å². The van der Waals surface area contributed by atoms with Crippen LogP contribution in [0.15, 0.2) is 41.8 Å². The minimum Gasteiger partial charge on any atom is -0.491 e. The highest BCUT2D eigenvalue weighted by atomic mass is 35.5. The van der Waals surface area contributed by atoms with E-state index in [1.807, 2.05) is 36.7 Å². The fourth-order valence-corrected chi connectivity index (χ4v) is 3.90. The highest BCUT2D eigenvalue weighted by molar-refractivity contribution is 7.14. The summed E-state index contributed by atoms with van der Waals surface area (Å²) in [6.45, 7) is 5.67. The van der Waals surface area contributed by atoms with Crippen LogP contribution in [0.5, 0.6) is 5.75 Å². The first-order valence-corrected chi connectivity index (χ1v) is 11.1. The Morgan fingerprint density at radius 3 is 2.77 bits per heavy atom. The molecule has 4 rings (SSSR count). The van der Waals surface area contributed by atoms with E-state index in [9.17, 15) is 0 Å². The lowest BCUT2D eigenvalue weighted by molar-refractivity contribution is 0.272. The predicted molar refractivity (Wildman–Crippen MR) is 132 cm³/mol. The lowest BCUT2D eigenvalue weighted by atomic mass is 10.2. The monoisotopic (exact) mass is 477 g/mol. The van der Waals surface area contributed by atoms with E-state index in [2.05, 4.69) is 41.6 Å². The number of ether oxygens (including phenoxy) is 1. The number of fused-ring (bicyclic) bond motifs is 1. The largest absolute Gasteiger partial charge is 0.491 e. The third-order valence-corrected chi connectivity index (χ3v) is 5.42. The first kappa shape index (κ1) is 23.3. The lowest BCUT2D eigenvalue weighted by Gasteiger charge is -2.13. The molecule has 0 aliphatic rings. The van der Waals surface area contributed by atoms with Crippen molar-refractivity contribution in [1.29, 1.82) is 0 Å². The molecule has 0 unspecified atom stereocenters.